The van der Waals surface area contributed by atoms with E-state index in [-0.39, 0.29) is 0 Å². The number of rotatable bonds is 1. The molecule has 1 heterocycles. The van der Waals surface area contributed by atoms with Crippen LogP contribution in [0.4, 0.5) is 0 Å². The number of fused-ring (bicyclic) bond motifs is 1. The van der Waals surface area contributed by atoms with Crippen LogP contribution in [0.25, 0.3) is 11.0 Å². The van der Waals surface area contributed by atoms with Crippen LogP contribution in [-0.2, 0) is 6.54 Å². The largest absolute Gasteiger partial charge is 0.356 e. The molecule has 0 bridgehead atoms. The maximum absolute atomic E-state index is 5.91. The van der Waals surface area contributed by atoms with E-state index in [0.29, 0.717) is 11.6 Å². The molecule has 0 radical (unpaired) electrons. The van der Waals surface area contributed by atoms with Crippen LogP contribution in [0.15, 0.2) is 22.9 Å². The van der Waals surface area contributed by atoms with Crippen molar-refractivity contribution in [1.29, 1.82) is 0 Å². The lowest BCUT2D eigenvalue weighted by Gasteiger charge is -1.98. The Labute approximate surface area is 74.1 Å². The van der Waals surface area contributed by atoms with Crippen LogP contribution in [0.3, 0.4) is 0 Å². The van der Waals surface area contributed by atoms with Crippen LogP contribution in [0, 0.1) is 0 Å². The number of aromatic nitrogens is 1. The first-order valence-electron chi connectivity index (χ1n) is 3.54. The van der Waals surface area contributed by atoms with Crippen LogP contribution in [0.2, 0.25) is 5.02 Å². The van der Waals surface area contributed by atoms with Gasteiger partial charge >= 0.3 is 0 Å². The number of nitrogens with zero attached hydrogens (tertiary/aromatic N) is 1. The van der Waals surface area contributed by atoms with Crippen molar-refractivity contribution in [2.24, 2.45) is 5.73 Å². The van der Waals surface area contributed by atoms with Gasteiger partial charge in [-0.15, -0.1) is 0 Å². The Balaban J connectivity index is 2.73. The highest BCUT2D eigenvalue weighted by Crippen LogP contribution is 2.23. The predicted molar refractivity (Wildman–Crippen MR) is 46.9 cm³/mol. The van der Waals surface area contributed by atoms with Gasteiger partial charge in [-0.05, 0) is 17.7 Å². The summed E-state index contributed by atoms with van der Waals surface area (Å²) in [5.41, 5.74) is 7.06. The normalized spacial score (nSPS) is 10.8. The SMILES string of the molecule is NCc1cc2oncc2cc1Cl. The average Bonchev–Trinajstić information content (AvgIpc) is 2.49. The van der Waals surface area contributed by atoms with Gasteiger partial charge in [-0.2, -0.15) is 0 Å². The number of nitrogens with two attached hydrogens (primary N) is 1. The van der Waals surface area contributed by atoms with Gasteiger partial charge in [0.2, 0.25) is 0 Å². The Bertz CT molecular complexity index is 410. The Morgan fingerprint density at radius 3 is 3.08 bits per heavy atom. The Morgan fingerprint density at radius 2 is 2.33 bits per heavy atom. The molecular weight excluding hydrogens is 176 g/mol. The zero-order valence-corrected chi connectivity index (χ0v) is 7.01. The first-order valence-corrected chi connectivity index (χ1v) is 3.92. The van der Waals surface area contributed by atoms with E-state index in [1.54, 1.807) is 12.3 Å². The third kappa shape index (κ3) is 1.07. The molecule has 0 spiro atoms. The standard InChI is InChI=1S/C8H7ClN2O/c9-7-1-6-4-11-12-8(6)2-5(7)3-10/h1-2,4H,3,10H2. The molecule has 2 rings (SSSR count). The van der Waals surface area contributed by atoms with E-state index in [4.69, 9.17) is 21.9 Å². The Morgan fingerprint density at radius 1 is 1.50 bits per heavy atom. The van der Waals surface area contributed by atoms with Crippen molar-refractivity contribution < 1.29 is 4.52 Å². The lowest BCUT2D eigenvalue weighted by molar-refractivity contribution is 0.456. The predicted octanol–water partition coefficient (Wildman–Crippen LogP) is 1.94. The molecule has 2 N–H and O–H groups in total. The summed E-state index contributed by atoms with van der Waals surface area (Å²) in [6.07, 6.45) is 1.63. The molecule has 0 fully saturated rings. The van der Waals surface area contributed by atoms with Crippen LogP contribution in [0.1, 0.15) is 5.56 Å². The second-order valence-electron chi connectivity index (χ2n) is 2.51. The summed E-state index contributed by atoms with van der Waals surface area (Å²) in [6.45, 7) is 0.412. The number of benzene rings is 1. The van der Waals surface area contributed by atoms with Gasteiger partial charge in [0.15, 0.2) is 5.58 Å². The van der Waals surface area contributed by atoms with Crippen molar-refractivity contribution in [2.45, 2.75) is 6.54 Å². The molecule has 12 heavy (non-hydrogen) atoms. The summed E-state index contributed by atoms with van der Waals surface area (Å²) in [5.74, 6) is 0. The highest BCUT2D eigenvalue weighted by molar-refractivity contribution is 6.32. The summed E-state index contributed by atoms with van der Waals surface area (Å²) in [6, 6.07) is 3.61. The van der Waals surface area contributed by atoms with Gasteiger partial charge in [0.25, 0.3) is 0 Å². The highest BCUT2D eigenvalue weighted by Gasteiger charge is 2.03. The minimum Gasteiger partial charge on any atom is -0.356 e. The maximum Gasteiger partial charge on any atom is 0.167 e. The zero-order chi connectivity index (χ0) is 8.55. The van der Waals surface area contributed by atoms with Crippen molar-refractivity contribution >= 4 is 22.6 Å². The fourth-order valence-electron chi connectivity index (χ4n) is 1.09. The van der Waals surface area contributed by atoms with Gasteiger partial charge in [-0.1, -0.05) is 16.8 Å². The van der Waals surface area contributed by atoms with E-state index in [1.165, 1.54) is 0 Å². The molecule has 3 nitrogen and oxygen atoms in total. The van der Waals surface area contributed by atoms with Crippen LogP contribution in [0.5, 0.6) is 0 Å². The van der Waals surface area contributed by atoms with E-state index in [9.17, 15) is 0 Å². The summed E-state index contributed by atoms with van der Waals surface area (Å²) in [7, 11) is 0. The minimum absolute atomic E-state index is 0.412. The molecule has 2 aromatic rings. The van der Waals surface area contributed by atoms with Crippen molar-refractivity contribution in [3.05, 3.63) is 28.9 Å². The molecule has 0 unspecified atom stereocenters. The molecule has 0 saturated carbocycles. The molecule has 0 atom stereocenters. The first kappa shape index (κ1) is 7.58. The lowest BCUT2D eigenvalue weighted by Crippen LogP contribution is -1.96. The Kier molecular flexibility index (Phi) is 1.75. The molecule has 0 aliphatic heterocycles. The van der Waals surface area contributed by atoms with Crippen molar-refractivity contribution in [1.82, 2.24) is 5.16 Å². The van der Waals surface area contributed by atoms with Gasteiger partial charge in [0, 0.05) is 17.0 Å². The third-order valence-corrected chi connectivity index (χ3v) is 2.09. The van der Waals surface area contributed by atoms with E-state index >= 15 is 0 Å². The van der Waals surface area contributed by atoms with Crippen LogP contribution < -0.4 is 5.73 Å². The summed E-state index contributed by atoms with van der Waals surface area (Å²) in [5, 5.41) is 5.20. The average molecular weight is 183 g/mol. The van der Waals surface area contributed by atoms with Gasteiger partial charge < -0.3 is 10.3 Å². The highest BCUT2D eigenvalue weighted by atomic mass is 35.5. The fraction of sp³-hybridized carbons (Fsp3) is 0.125. The smallest absolute Gasteiger partial charge is 0.167 e. The second kappa shape index (κ2) is 2.77. The molecule has 1 aromatic carbocycles. The quantitative estimate of drug-likeness (QED) is 0.734. The van der Waals surface area contributed by atoms with Crippen molar-refractivity contribution in [3.8, 4) is 0 Å². The number of hydrogen-bond donors (Lipinski definition) is 1. The van der Waals surface area contributed by atoms with E-state index < -0.39 is 0 Å². The monoisotopic (exact) mass is 182 g/mol. The summed E-state index contributed by atoms with van der Waals surface area (Å²) < 4.78 is 4.95. The molecule has 0 amide bonds. The summed E-state index contributed by atoms with van der Waals surface area (Å²) >= 11 is 5.91. The molecule has 0 aliphatic rings. The van der Waals surface area contributed by atoms with Gasteiger partial charge in [-0.25, -0.2) is 0 Å². The molecule has 1 aromatic heterocycles. The lowest BCUT2D eigenvalue weighted by atomic mass is 10.2. The summed E-state index contributed by atoms with van der Waals surface area (Å²) in [4.78, 5) is 0. The number of halogens is 1. The van der Waals surface area contributed by atoms with E-state index in [1.807, 2.05) is 6.07 Å². The topological polar surface area (TPSA) is 52.0 Å². The van der Waals surface area contributed by atoms with E-state index in [0.717, 1.165) is 16.5 Å². The zero-order valence-electron chi connectivity index (χ0n) is 6.25. The third-order valence-electron chi connectivity index (χ3n) is 1.74. The van der Waals surface area contributed by atoms with Gasteiger partial charge in [0.05, 0.1) is 6.20 Å². The van der Waals surface area contributed by atoms with Crippen LogP contribution in [-0.4, -0.2) is 5.16 Å². The Hall–Kier alpha value is -1.06. The van der Waals surface area contributed by atoms with Crippen molar-refractivity contribution in [3.63, 3.8) is 0 Å². The molecule has 0 aliphatic carbocycles. The van der Waals surface area contributed by atoms with Gasteiger partial charge in [0.1, 0.15) is 0 Å². The maximum atomic E-state index is 5.91. The van der Waals surface area contributed by atoms with E-state index in [2.05, 4.69) is 5.16 Å². The van der Waals surface area contributed by atoms with Gasteiger partial charge in [-0.3, -0.25) is 0 Å². The molecule has 62 valence electrons. The fourth-order valence-corrected chi connectivity index (χ4v) is 1.34. The first-order chi connectivity index (χ1) is 5.81. The van der Waals surface area contributed by atoms with Crippen molar-refractivity contribution in [2.75, 3.05) is 0 Å². The van der Waals surface area contributed by atoms with Crippen LogP contribution >= 0.6 is 11.6 Å². The minimum atomic E-state index is 0.412. The molecule has 0 saturated heterocycles. The molecule has 4 heteroatoms. The second-order valence-corrected chi connectivity index (χ2v) is 2.92. The molecular formula is C8H7ClN2O. The number of hydrogen-bond acceptors (Lipinski definition) is 3.